The third kappa shape index (κ3) is 4.34. The largest absolute Gasteiger partial charge is 0.472 e. The van der Waals surface area contributed by atoms with Gasteiger partial charge in [0, 0.05) is 41.7 Å². The van der Waals surface area contributed by atoms with Crippen molar-refractivity contribution in [2.24, 2.45) is 0 Å². The van der Waals surface area contributed by atoms with Crippen LogP contribution < -0.4 is 4.72 Å². The van der Waals surface area contributed by atoms with E-state index in [4.69, 9.17) is 16.0 Å². The summed E-state index contributed by atoms with van der Waals surface area (Å²) < 4.78 is 33.0. The van der Waals surface area contributed by atoms with Gasteiger partial charge < -0.3 is 4.42 Å². The lowest BCUT2D eigenvalue weighted by atomic mass is 10.1. The molecule has 0 aliphatic carbocycles. The molecule has 0 bridgehead atoms. The number of thioether (sulfide) groups is 1. The molecule has 130 valence electrons. The van der Waals surface area contributed by atoms with Crippen LogP contribution in [0.5, 0.6) is 0 Å². The summed E-state index contributed by atoms with van der Waals surface area (Å²) >= 11 is 7.82. The maximum Gasteiger partial charge on any atom is 0.240 e. The fourth-order valence-corrected chi connectivity index (χ4v) is 4.99. The number of halogens is 1. The Bertz CT molecular complexity index is 759. The highest BCUT2D eigenvalue weighted by atomic mass is 35.5. The first-order valence-electron chi connectivity index (χ1n) is 7.65. The van der Waals surface area contributed by atoms with E-state index in [1.807, 2.05) is 17.8 Å². The molecule has 1 aliphatic heterocycles. The molecule has 24 heavy (non-hydrogen) atoms. The molecule has 1 aromatic carbocycles. The van der Waals surface area contributed by atoms with Gasteiger partial charge in [-0.15, -0.1) is 0 Å². The summed E-state index contributed by atoms with van der Waals surface area (Å²) in [4.78, 5) is 2.47. The Labute approximate surface area is 151 Å². The Kier molecular flexibility index (Phi) is 5.89. The number of nitrogens with zero attached hydrogens (tertiary/aromatic N) is 1. The lowest BCUT2D eigenvalue weighted by Gasteiger charge is -2.33. The van der Waals surface area contributed by atoms with E-state index in [-0.39, 0.29) is 10.9 Å². The van der Waals surface area contributed by atoms with Crippen molar-refractivity contribution in [3.05, 3.63) is 53.4 Å². The Hall–Kier alpha value is -0.990. The van der Waals surface area contributed by atoms with Crippen molar-refractivity contribution in [2.45, 2.75) is 10.9 Å². The molecule has 1 saturated heterocycles. The summed E-state index contributed by atoms with van der Waals surface area (Å²) in [6, 6.07) is 8.12. The summed E-state index contributed by atoms with van der Waals surface area (Å²) in [5.41, 5.74) is 0.982. The van der Waals surface area contributed by atoms with Crippen molar-refractivity contribution in [3.63, 3.8) is 0 Å². The van der Waals surface area contributed by atoms with Crippen LogP contribution in [0.15, 0.2) is 52.2 Å². The molecular weight excluding hydrogens is 368 g/mol. The molecule has 3 rings (SSSR count). The molecule has 1 atom stereocenters. The van der Waals surface area contributed by atoms with Crippen molar-refractivity contribution in [2.75, 3.05) is 31.1 Å². The van der Waals surface area contributed by atoms with Crippen molar-refractivity contribution >= 4 is 33.4 Å². The van der Waals surface area contributed by atoms with Gasteiger partial charge in [-0.2, -0.15) is 11.8 Å². The smallest absolute Gasteiger partial charge is 0.240 e. The Morgan fingerprint density at radius 2 is 2.08 bits per heavy atom. The first-order valence-corrected chi connectivity index (χ1v) is 10.7. The average molecular weight is 387 g/mol. The highest BCUT2D eigenvalue weighted by molar-refractivity contribution is 7.99. The summed E-state index contributed by atoms with van der Waals surface area (Å²) in [7, 11) is -3.60. The van der Waals surface area contributed by atoms with E-state index in [1.54, 1.807) is 30.7 Å². The van der Waals surface area contributed by atoms with Crippen LogP contribution in [0.1, 0.15) is 11.6 Å². The number of rotatable bonds is 6. The number of hydrogen-bond acceptors (Lipinski definition) is 5. The Morgan fingerprint density at radius 3 is 2.75 bits per heavy atom. The predicted molar refractivity (Wildman–Crippen MR) is 97.0 cm³/mol. The van der Waals surface area contributed by atoms with Gasteiger partial charge in [-0.3, -0.25) is 4.90 Å². The molecule has 1 N–H and O–H groups in total. The third-order valence-corrected chi connectivity index (χ3v) is 6.59. The molecule has 0 saturated carbocycles. The van der Waals surface area contributed by atoms with Gasteiger partial charge in [0.1, 0.15) is 0 Å². The van der Waals surface area contributed by atoms with Gasteiger partial charge in [0.15, 0.2) is 0 Å². The van der Waals surface area contributed by atoms with Gasteiger partial charge in [-0.05, 0) is 24.3 Å². The molecule has 1 unspecified atom stereocenters. The van der Waals surface area contributed by atoms with Crippen molar-refractivity contribution in [1.29, 1.82) is 0 Å². The molecule has 8 heteroatoms. The van der Waals surface area contributed by atoms with Crippen LogP contribution in [0.25, 0.3) is 0 Å². The summed E-state index contributed by atoms with van der Waals surface area (Å²) in [6.07, 6.45) is 3.30. The monoisotopic (exact) mass is 386 g/mol. The number of sulfonamides is 1. The van der Waals surface area contributed by atoms with E-state index < -0.39 is 10.0 Å². The summed E-state index contributed by atoms with van der Waals surface area (Å²) in [5, 5.41) is 0.400. The van der Waals surface area contributed by atoms with Crippen molar-refractivity contribution < 1.29 is 12.8 Å². The number of hydrogen-bond donors (Lipinski definition) is 1. The predicted octanol–water partition coefficient (Wildman–Crippen LogP) is 3.00. The van der Waals surface area contributed by atoms with Crippen LogP contribution in [0.4, 0.5) is 0 Å². The van der Waals surface area contributed by atoms with Gasteiger partial charge >= 0.3 is 0 Å². The lowest BCUT2D eigenvalue weighted by molar-refractivity contribution is 0.218. The van der Waals surface area contributed by atoms with E-state index in [0.29, 0.717) is 11.6 Å². The molecule has 0 amide bonds. The summed E-state index contributed by atoms with van der Waals surface area (Å²) in [5.74, 6) is 2.10. The molecule has 5 nitrogen and oxygen atoms in total. The van der Waals surface area contributed by atoms with Gasteiger partial charge in [-0.25, -0.2) is 13.1 Å². The third-order valence-electron chi connectivity index (χ3n) is 3.99. The van der Waals surface area contributed by atoms with Crippen LogP contribution in [0.3, 0.4) is 0 Å². The minimum atomic E-state index is -3.60. The SMILES string of the molecule is O=S(=O)(NCC(c1ccoc1)N1CCSCC1)c1cccc(Cl)c1. The molecular formula is C16H19ClN2O3S2. The van der Waals surface area contributed by atoms with Gasteiger partial charge in [0.2, 0.25) is 10.0 Å². The fourth-order valence-electron chi connectivity index (χ4n) is 2.72. The van der Waals surface area contributed by atoms with Crippen LogP contribution in [0.2, 0.25) is 5.02 Å². The van der Waals surface area contributed by atoms with Crippen LogP contribution in [-0.2, 0) is 10.0 Å². The number of nitrogens with one attached hydrogen (secondary N) is 1. The molecule has 2 heterocycles. The maximum absolute atomic E-state index is 12.5. The highest BCUT2D eigenvalue weighted by Crippen LogP contribution is 2.25. The minimum absolute atomic E-state index is 0.0430. The Balaban J connectivity index is 1.75. The highest BCUT2D eigenvalue weighted by Gasteiger charge is 2.25. The molecule has 1 aliphatic rings. The van der Waals surface area contributed by atoms with Crippen molar-refractivity contribution in [1.82, 2.24) is 9.62 Å². The normalized spacial score (nSPS) is 17.7. The van der Waals surface area contributed by atoms with E-state index in [9.17, 15) is 8.42 Å². The van der Waals surface area contributed by atoms with Gasteiger partial charge in [0.25, 0.3) is 0 Å². The second kappa shape index (κ2) is 7.93. The second-order valence-corrected chi connectivity index (χ2v) is 8.96. The zero-order valence-corrected chi connectivity index (χ0v) is 15.4. The first kappa shape index (κ1) is 17.8. The lowest BCUT2D eigenvalue weighted by Crippen LogP contribution is -2.41. The summed E-state index contributed by atoms with van der Waals surface area (Å²) in [6.45, 7) is 2.15. The van der Waals surface area contributed by atoms with Crippen LogP contribution in [-0.4, -0.2) is 44.5 Å². The van der Waals surface area contributed by atoms with Crippen molar-refractivity contribution in [3.8, 4) is 0 Å². The number of furan rings is 1. The van der Waals surface area contributed by atoms with E-state index in [0.717, 1.165) is 30.2 Å². The quantitative estimate of drug-likeness (QED) is 0.826. The van der Waals surface area contributed by atoms with E-state index in [2.05, 4.69) is 9.62 Å². The van der Waals surface area contributed by atoms with Crippen LogP contribution >= 0.6 is 23.4 Å². The van der Waals surface area contributed by atoms with E-state index >= 15 is 0 Å². The number of benzene rings is 1. The van der Waals surface area contributed by atoms with Gasteiger partial charge in [0.05, 0.1) is 23.5 Å². The maximum atomic E-state index is 12.5. The first-order chi connectivity index (χ1) is 11.6. The fraction of sp³-hybridized carbons (Fsp3) is 0.375. The average Bonchev–Trinajstić information content (AvgIpc) is 3.10. The molecule has 1 fully saturated rings. The molecule has 1 aromatic heterocycles. The standard InChI is InChI=1S/C16H19ClN2O3S2/c17-14-2-1-3-15(10-14)24(20,21)18-11-16(13-4-7-22-12-13)19-5-8-23-9-6-19/h1-4,7,10,12,16,18H,5-6,8-9,11H2. The zero-order valence-electron chi connectivity index (χ0n) is 13.0. The topological polar surface area (TPSA) is 62.6 Å². The molecule has 2 aromatic rings. The zero-order chi connectivity index (χ0) is 17.0. The van der Waals surface area contributed by atoms with Crippen LogP contribution in [0, 0.1) is 0 Å². The molecule has 0 spiro atoms. The minimum Gasteiger partial charge on any atom is -0.472 e. The Morgan fingerprint density at radius 1 is 1.29 bits per heavy atom. The van der Waals surface area contributed by atoms with E-state index in [1.165, 1.54) is 6.07 Å². The molecule has 0 radical (unpaired) electrons. The van der Waals surface area contributed by atoms with Gasteiger partial charge in [-0.1, -0.05) is 17.7 Å². The second-order valence-electron chi connectivity index (χ2n) is 5.53.